The number of nitrogens with one attached hydrogen (secondary N) is 1. The van der Waals surface area contributed by atoms with Crippen LogP contribution in [0.1, 0.15) is 66.8 Å². The number of carbonyl (C=O) groups excluding carboxylic acids is 1. The number of ether oxygens (including phenoxy) is 2. The molecule has 3 atom stereocenters. The SMILES string of the molecule is C=CCN(CC1CC(c2ccc(CO)cc2)OC(c2ccc(-c3ccccc3CNC(=O)C(Cl)(Cl)Cl)cc2)O1)C1CCCC1. The van der Waals surface area contributed by atoms with Gasteiger partial charge in [0.1, 0.15) is 0 Å². The number of rotatable bonds is 11. The van der Waals surface area contributed by atoms with Crippen molar-refractivity contribution in [1.29, 1.82) is 0 Å². The molecule has 1 aliphatic heterocycles. The van der Waals surface area contributed by atoms with Crippen molar-refractivity contribution in [3.05, 3.63) is 108 Å². The van der Waals surface area contributed by atoms with E-state index in [-0.39, 0.29) is 25.4 Å². The predicted octanol–water partition coefficient (Wildman–Crippen LogP) is 7.81. The summed E-state index contributed by atoms with van der Waals surface area (Å²) in [5.41, 5.74) is 5.70. The molecule has 1 amide bonds. The number of aliphatic hydroxyl groups is 1. The Hall–Kier alpha value is -2.42. The van der Waals surface area contributed by atoms with Crippen molar-refractivity contribution >= 4 is 40.7 Å². The molecule has 0 bridgehead atoms. The predicted molar refractivity (Wildman–Crippen MR) is 176 cm³/mol. The monoisotopic (exact) mass is 656 g/mol. The third kappa shape index (κ3) is 8.43. The zero-order valence-electron chi connectivity index (χ0n) is 24.6. The Kier molecular flexibility index (Phi) is 11.4. The highest BCUT2D eigenvalue weighted by atomic mass is 35.6. The van der Waals surface area contributed by atoms with Gasteiger partial charge in [-0.15, -0.1) is 6.58 Å². The van der Waals surface area contributed by atoms with Gasteiger partial charge in [-0.05, 0) is 40.7 Å². The van der Waals surface area contributed by atoms with Crippen LogP contribution in [0.2, 0.25) is 0 Å². The van der Waals surface area contributed by atoms with Crippen molar-refractivity contribution in [3.8, 4) is 11.1 Å². The van der Waals surface area contributed by atoms with Gasteiger partial charge in [-0.25, -0.2) is 0 Å². The number of halogens is 3. The van der Waals surface area contributed by atoms with Crippen LogP contribution in [0.5, 0.6) is 0 Å². The largest absolute Gasteiger partial charge is 0.392 e. The smallest absolute Gasteiger partial charge is 0.272 e. The normalized spacial score (nSPS) is 21.0. The molecular weight excluding hydrogens is 619 g/mol. The van der Waals surface area contributed by atoms with E-state index < -0.39 is 16.0 Å². The molecule has 3 aromatic rings. The summed E-state index contributed by atoms with van der Waals surface area (Å²) >= 11 is 17.2. The molecule has 0 aromatic heterocycles. The Balaban J connectivity index is 1.36. The number of amides is 1. The molecule has 1 heterocycles. The number of carbonyl (C=O) groups is 1. The standard InChI is InChI=1S/C35H39Cl3N2O4/c1-2-19-40(29-8-4-5-9-29)22-30-20-32(26-13-11-24(23-41)12-14-26)44-33(43-30)27-17-15-25(16-18-27)31-10-6-3-7-28(31)21-39-34(42)35(36,37)38/h2-3,6-7,10-18,29-30,32-33,41H,1,4-5,8-9,19-23H2,(H,39,42). The van der Waals surface area contributed by atoms with Crippen molar-refractivity contribution in [2.24, 2.45) is 0 Å². The maximum absolute atomic E-state index is 12.1. The molecule has 2 aliphatic rings. The van der Waals surface area contributed by atoms with Crippen molar-refractivity contribution in [1.82, 2.24) is 10.2 Å². The Bertz CT molecular complexity index is 1390. The molecule has 6 nitrogen and oxygen atoms in total. The first-order valence-electron chi connectivity index (χ1n) is 15.1. The molecule has 3 unspecified atom stereocenters. The van der Waals surface area contributed by atoms with Gasteiger partial charge >= 0.3 is 0 Å². The summed E-state index contributed by atoms with van der Waals surface area (Å²) in [6, 6.07) is 24.5. The number of nitrogens with zero attached hydrogens (tertiary/aromatic N) is 1. The average Bonchev–Trinajstić information content (AvgIpc) is 3.58. The highest BCUT2D eigenvalue weighted by molar-refractivity contribution is 6.76. The number of aliphatic hydroxyl groups excluding tert-OH is 1. The minimum Gasteiger partial charge on any atom is -0.392 e. The lowest BCUT2D eigenvalue weighted by Crippen LogP contribution is -2.43. The van der Waals surface area contributed by atoms with E-state index in [9.17, 15) is 9.90 Å². The fourth-order valence-electron chi connectivity index (χ4n) is 6.15. The van der Waals surface area contributed by atoms with Crippen LogP contribution in [-0.4, -0.2) is 44.9 Å². The molecule has 5 rings (SSSR count). The summed E-state index contributed by atoms with van der Waals surface area (Å²) in [7, 11) is 0. The van der Waals surface area contributed by atoms with Crippen molar-refractivity contribution in [2.75, 3.05) is 13.1 Å². The van der Waals surface area contributed by atoms with E-state index in [4.69, 9.17) is 44.3 Å². The molecule has 2 fully saturated rings. The van der Waals surface area contributed by atoms with E-state index >= 15 is 0 Å². The van der Waals surface area contributed by atoms with E-state index in [1.807, 2.05) is 78.9 Å². The van der Waals surface area contributed by atoms with Crippen molar-refractivity contribution in [3.63, 3.8) is 0 Å². The molecule has 0 spiro atoms. The van der Waals surface area contributed by atoms with Gasteiger partial charge in [0.2, 0.25) is 0 Å². The lowest BCUT2D eigenvalue weighted by Gasteiger charge is -2.39. The topological polar surface area (TPSA) is 71.0 Å². The first-order chi connectivity index (χ1) is 21.2. The fraction of sp³-hybridized carbons (Fsp3) is 0.400. The number of hydrogen-bond acceptors (Lipinski definition) is 5. The second-order valence-corrected chi connectivity index (χ2v) is 13.8. The van der Waals surface area contributed by atoms with Crippen molar-refractivity contribution in [2.45, 2.75) is 73.6 Å². The highest BCUT2D eigenvalue weighted by Gasteiger charge is 2.35. The minimum absolute atomic E-state index is 0.00677. The van der Waals surface area contributed by atoms with E-state index in [1.54, 1.807) is 0 Å². The van der Waals surface area contributed by atoms with Crippen LogP contribution >= 0.6 is 34.8 Å². The van der Waals surface area contributed by atoms with Crippen LogP contribution in [0.4, 0.5) is 0 Å². The molecule has 3 aromatic carbocycles. The Morgan fingerprint density at radius 2 is 1.66 bits per heavy atom. The summed E-state index contributed by atoms with van der Waals surface area (Å²) < 4.78 is 11.2. The van der Waals surface area contributed by atoms with Crippen LogP contribution in [0.15, 0.2) is 85.5 Å². The van der Waals surface area contributed by atoms with E-state index in [1.165, 1.54) is 25.7 Å². The van der Waals surface area contributed by atoms with Gasteiger partial charge in [0.25, 0.3) is 9.70 Å². The van der Waals surface area contributed by atoms with Gasteiger partial charge in [-0.3, -0.25) is 9.69 Å². The zero-order chi connectivity index (χ0) is 31.1. The molecule has 2 N–H and O–H groups in total. The van der Waals surface area contributed by atoms with Crippen LogP contribution < -0.4 is 5.32 Å². The molecule has 1 saturated heterocycles. The first-order valence-corrected chi connectivity index (χ1v) is 16.3. The molecule has 1 aliphatic carbocycles. The van der Waals surface area contributed by atoms with Crippen LogP contribution in [0, 0.1) is 0 Å². The second-order valence-electron chi connectivity index (χ2n) is 11.5. The third-order valence-electron chi connectivity index (χ3n) is 8.47. The Labute approximate surface area is 274 Å². The molecule has 1 saturated carbocycles. The Morgan fingerprint density at radius 1 is 0.977 bits per heavy atom. The maximum Gasteiger partial charge on any atom is 0.272 e. The van der Waals surface area contributed by atoms with E-state index in [2.05, 4.69) is 16.8 Å². The average molecular weight is 658 g/mol. The van der Waals surface area contributed by atoms with Crippen LogP contribution in [-0.2, 0) is 27.4 Å². The maximum atomic E-state index is 12.1. The highest BCUT2D eigenvalue weighted by Crippen LogP contribution is 2.39. The van der Waals surface area contributed by atoms with E-state index in [0.29, 0.717) is 6.04 Å². The van der Waals surface area contributed by atoms with E-state index in [0.717, 1.165) is 52.9 Å². The molecule has 44 heavy (non-hydrogen) atoms. The van der Waals surface area contributed by atoms with Gasteiger partial charge in [0.15, 0.2) is 6.29 Å². The van der Waals surface area contributed by atoms with Crippen LogP contribution in [0.3, 0.4) is 0 Å². The molecule has 0 radical (unpaired) electrons. The van der Waals surface area contributed by atoms with Crippen LogP contribution in [0.25, 0.3) is 11.1 Å². The lowest BCUT2D eigenvalue weighted by molar-refractivity contribution is -0.253. The molecule has 234 valence electrons. The number of alkyl halides is 3. The van der Waals surface area contributed by atoms with Gasteiger partial charge in [-0.2, -0.15) is 0 Å². The van der Waals surface area contributed by atoms with Gasteiger partial charge < -0.3 is 19.9 Å². The third-order valence-corrected chi connectivity index (χ3v) is 8.98. The summed E-state index contributed by atoms with van der Waals surface area (Å²) in [5.74, 6) is -0.672. The van der Waals surface area contributed by atoms with Gasteiger partial charge in [0, 0.05) is 37.7 Å². The lowest BCUT2D eigenvalue weighted by atomic mass is 9.97. The number of hydrogen-bond donors (Lipinski definition) is 2. The summed E-state index contributed by atoms with van der Waals surface area (Å²) in [5, 5.41) is 12.2. The summed E-state index contributed by atoms with van der Waals surface area (Å²) in [6.07, 6.45) is 6.96. The summed E-state index contributed by atoms with van der Waals surface area (Å²) in [4.78, 5) is 14.6. The minimum atomic E-state index is -2.02. The molecule has 9 heteroatoms. The quantitative estimate of drug-likeness (QED) is 0.163. The van der Waals surface area contributed by atoms with Gasteiger partial charge in [-0.1, -0.05) is 127 Å². The second kappa shape index (κ2) is 15.2. The summed E-state index contributed by atoms with van der Waals surface area (Å²) in [6.45, 7) is 5.89. The zero-order valence-corrected chi connectivity index (χ0v) is 26.9. The fourth-order valence-corrected chi connectivity index (χ4v) is 6.35. The molecular formula is C35H39Cl3N2O4. The van der Waals surface area contributed by atoms with Gasteiger partial charge in [0.05, 0.1) is 18.8 Å². The number of benzene rings is 3. The first kappa shape index (κ1) is 33.0. The van der Waals surface area contributed by atoms with Crippen molar-refractivity contribution < 1.29 is 19.4 Å². The Morgan fingerprint density at radius 3 is 2.32 bits per heavy atom.